The smallest absolute Gasteiger partial charge is 0.338 e. The molecule has 0 N–H and O–H groups in total. The fraction of sp³-hybridized carbons (Fsp3) is 0.211. The molecule has 0 bridgehead atoms. The van der Waals surface area contributed by atoms with Gasteiger partial charge in [0.15, 0.2) is 18.1 Å². The van der Waals surface area contributed by atoms with Gasteiger partial charge in [-0.1, -0.05) is 0 Å². The standard InChI is InChI=1S/C19H18N4O6/c1-26-16-8-13(9-17(27-2)18(16)28-3)15(24)10-29-19(25)12-4-6-14(7-5-12)23-11-20-21-22-23/h4-9,11H,10H2,1-3H3. The molecule has 3 aromatic rings. The van der Waals surface area contributed by atoms with Gasteiger partial charge in [-0.05, 0) is 46.8 Å². The van der Waals surface area contributed by atoms with E-state index in [9.17, 15) is 9.59 Å². The molecular formula is C19H18N4O6. The van der Waals surface area contributed by atoms with Crippen LogP contribution in [0.3, 0.4) is 0 Å². The number of ether oxygens (including phenoxy) is 4. The zero-order valence-electron chi connectivity index (χ0n) is 16.0. The zero-order chi connectivity index (χ0) is 20.8. The van der Waals surface area contributed by atoms with Crippen LogP contribution in [0.5, 0.6) is 17.2 Å². The number of benzene rings is 2. The van der Waals surface area contributed by atoms with Gasteiger partial charge in [0, 0.05) is 5.56 Å². The number of hydrogen-bond acceptors (Lipinski definition) is 9. The number of aromatic nitrogens is 4. The van der Waals surface area contributed by atoms with Gasteiger partial charge in [0.2, 0.25) is 11.5 Å². The summed E-state index contributed by atoms with van der Waals surface area (Å²) in [6, 6.07) is 9.44. The molecule has 0 atom stereocenters. The Morgan fingerprint density at radius 3 is 2.10 bits per heavy atom. The average Bonchev–Trinajstić information content (AvgIpc) is 3.31. The molecule has 0 unspecified atom stereocenters. The molecule has 0 fully saturated rings. The highest BCUT2D eigenvalue weighted by atomic mass is 16.5. The lowest BCUT2D eigenvalue weighted by Crippen LogP contribution is -2.14. The second-order valence-corrected chi connectivity index (χ2v) is 5.71. The number of nitrogens with zero attached hydrogens (tertiary/aromatic N) is 4. The van der Waals surface area contributed by atoms with Crippen molar-refractivity contribution in [3.8, 4) is 22.9 Å². The summed E-state index contributed by atoms with van der Waals surface area (Å²) in [5.74, 6) is -0.0115. The molecule has 0 saturated carbocycles. The van der Waals surface area contributed by atoms with E-state index in [2.05, 4.69) is 15.5 Å². The van der Waals surface area contributed by atoms with Gasteiger partial charge >= 0.3 is 5.97 Å². The molecular weight excluding hydrogens is 380 g/mol. The third kappa shape index (κ3) is 4.32. The van der Waals surface area contributed by atoms with Crippen LogP contribution >= 0.6 is 0 Å². The van der Waals surface area contributed by atoms with Gasteiger partial charge in [-0.3, -0.25) is 4.79 Å². The number of carbonyl (C=O) groups is 2. The summed E-state index contributed by atoms with van der Waals surface area (Å²) < 4.78 is 22.3. The normalized spacial score (nSPS) is 10.3. The van der Waals surface area contributed by atoms with Crippen LogP contribution in [-0.4, -0.2) is 59.9 Å². The van der Waals surface area contributed by atoms with Crippen LogP contribution in [0.25, 0.3) is 5.69 Å². The highest BCUT2D eigenvalue weighted by Gasteiger charge is 2.18. The van der Waals surface area contributed by atoms with Crippen LogP contribution in [0.15, 0.2) is 42.7 Å². The first-order valence-corrected chi connectivity index (χ1v) is 8.41. The van der Waals surface area contributed by atoms with E-state index in [0.717, 1.165) is 0 Å². The third-order valence-electron chi connectivity index (χ3n) is 4.04. The lowest BCUT2D eigenvalue weighted by atomic mass is 10.1. The maximum absolute atomic E-state index is 12.5. The topological polar surface area (TPSA) is 115 Å². The van der Waals surface area contributed by atoms with E-state index in [1.54, 1.807) is 24.3 Å². The first-order chi connectivity index (χ1) is 14.1. The molecule has 0 aliphatic heterocycles. The van der Waals surface area contributed by atoms with Crippen molar-refractivity contribution in [3.63, 3.8) is 0 Å². The molecule has 1 heterocycles. The molecule has 0 saturated heterocycles. The Morgan fingerprint density at radius 1 is 0.931 bits per heavy atom. The molecule has 0 spiro atoms. The van der Waals surface area contributed by atoms with E-state index in [4.69, 9.17) is 18.9 Å². The molecule has 0 aliphatic carbocycles. The van der Waals surface area contributed by atoms with E-state index in [1.807, 2.05) is 0 Å². The summed E-state index contributed by atoms with van der Waals surface area (Å²) in [5, 5.41) is 10.9. The van der Waals surface area contributed by atoms with Gasteiger partial charge in [0.25, 0.3) is 0 Å². The largest absolute Gasteiger partial charge is 0.493 e. The number of rotatable bonds is 8. The number of tetrazole rings is 1. The number of methoxy groups -OCH3 is 3. The number of carbonyl (C=O) groups excluding carboxylic acids is 2. The van der Waals surface area contributed by atoms with Crippen molar-refractivity contribution in [2.24, 2.45) is 0 Å². The van der Waals surface area contributed by atoms with Crippen molar-refractivity contribution in [3.05, 3.63) is 53.9 Å². The summed E-state index contributed by atoms with van der Waals surface area (Å²) >= 11 is 0. The van der Waals surface area contributed by atoms with Crippen LogP contribution < -0.4 is 14.2 Å². The predicted molar refractivity (Wildman–Crippen MR) is 99.9 cm³/mol. The number of ketones is 1. The summed E-state index contributed by atoms with van der Waals surface area (Å²) in [7, 11) is 4.36. The van der Waals surface area contributed by atoms with Crippen LogP contribution in [-0.2, 0) is 4.74 Å². The molecule has 10 nitrogen and oxygen atoms in total. The average molecular weight is 398 g/mol. The van der Waals surface area contributed by atoms with Crippen LogP contribution in [0, 0.1) is 0 Å². The monoisotopic (exact) mass is 398 g/mol. The lowest BCUT2D eigenvalue weighted by molar-refractivity contribution is 0.0474. The summed E-state index contributed by atoms with van der Waals surface area (Å²) in [6.45, 7) is -0.438. The van der Waals surface area contributed by atoms with Gasteiger partial charge in [-0.2, -0.15) is 0 Å². The molecule has 1 aromatic heterocycles. The van der Waals surface area contributed by atoms with Gasteiger partial charge in [0.05, 0.1) is 32.6 Å². The van der Waals surface area contributed by atoms with Crippen molar-refractivity contribution in [1.82, 2.24) is 20.2 Å². The first-order valence-electron chi connectivity index (χ1n) is 8.41. The van der Waals surface area contributed by atoms with Crippen molar-refractivity contribution in [2.75, 3.05) is 27.9 Å². The van der Waals surface area contributed by atoms with E-state index >= 15 is 0 Å². The zero-order valence-corrected chi connectivity index (χ0v) is 16.0. The molecule has 29 heavy (non-hydrogen) atoms. The van der Waals surface area contributed by atoms with Crippen molar-refractivity contribution < 1.29 is 28.5 Å². The molecule has 10 heteroatoms. The second kappa shape index (κ2) is 8.83. The van der Waals surface area contributed by atoms with E-state index in [-0.39, 0.29) is 5.56 Å². The lowest BCUT2D eigenvalue weighted by Gasteiger charge is -2.13. The quantitative estimate of drug-likeness (QED) is 0.413. The Hall–Kier alpha value is -3.95. The Bertz CT molecular complexity index is 977. The predicted octanol–water partition coefficient (Wildman–Crippen LogP) is 1.73. The molecule has 0 radical (unpaired) electrons. The highest BCUT2D eigenvalue weighted by molar-refractivity contribution is 6.00. The van der Waals surface area contributed by atoms with Crippen molar-refractivity contribution >= 4 is 11.8 Å². The highest BCUT2D eigenvalue weighted by Crippen LogP contribution is 2.38. The van der Waals surface area contributed by atoms with Crippen LogP contribution in [0.4, 0.5) is 0 Å². The van der Waals surface area contributed by atoms with Crippen LogP contribution in [0.1, 0.15) is 20.7 Å². The summed E-state index contributed by atoms with van der Waals surface area (Å²) in [5.41, 5.74) is 1.24. The van der Waals surface area contributed by atoms with E-state index in [1.165, 1.54) is 44.5 Å². The van der Waals surface area contributed by atoms with Crippen molar-refractivity contribution in [2.45, 2.75) is 0 Å². The van der Waals surface area contributed by atoms with E-state index in [0.29, 0.717) is 28.5 Å². The summed E-state index contributed by atoms with van der Waals surface area (Å²) in [4.78, 5) is 24.7. The minimum absolute atomic E-state index is 0.265. The van der Waals surface area contributed by atoms with Gasteiger partial charge < -0.3 is 18.9 Å². The molecule has 2 aromatic carbocycles. The second-order valence-electron chi connectivity index (χ2n) is 5.71. The number of Topliss-reactive ketones (excluding diaryl/α,β-unsaturated/α-hetero) is 1. The maximum atomic E-state index is 12.5. The SMILES string of the molecule is COc1cc(C(=O)COC(=O)c2ccc(-n3cnnn3)cc2)cc(OC)c1OC. The minimum Gasteiger partial charge on any atom is -0.493 e. The Labute approximate surface area is 165 Å². The fourth-order valence-corrected chi connectivity index (χ4v) is 2.57. The van der Waals surface area contributed by atoms with Crippen molar-refractivity contribution in [1.29, 1.82) is 0 Å². The molecule has 0 aliphatic rings. The fourth-order valence-electron chi connectivity index (χ4n) is 2.57. The van der Waals surface area contributed by atoms with Crippen LogP contribution in [0.2, 0.25) is 0 Å². The third-order valence-corrected chi connectivity index (χ3v) is 4.04. The maximum Gasteiger partial charge on any atom is 0.338 e. The Kier molecular flexibility index (Phi) is 6.03. The minimum atomic E-state index is -0.631. The van der Waals surface area contributed by atoms with Gasteiger partial charge in [0.1, 0.15) is 6.33 Å². The van der Waals surface area contributed by atoms with Gasteiger partial charge in [-0.15, -0.1) is 5.10 Å². The van der Waals surface area contributed by atoms with Gasteiger partial charge in [-0.25, -0.2) is 9.48 Å². The first kappa shape index (κ1) is 19.8. The van der Waals surface area contributed by atoms with E-state index < -0.39 is 18.4 Å². The molecule has 3 rings (SSSR count). The number of hydrogen-bond donors (Lipinski definition) is 0. The molecule has 0 amide bonds. The summed E-state index contributed by atoms with van der Waals surface area (Å²) in [6.07, 6.45) is 1.43. The Balaban J connectivity index is 1.68. The molecule has 150 valence electrons. The number of esters is 1. The Morgan fingerprint density at radius 2 is 1.59 bits per heavy atom.